The molecule has 1 unspecified atom stereocenters. The van der Waals surface area contributed by atoms with Gasteiger partial charge in [0.2, 0.25) is 0 Å². The number of carboxylic acid groups (broad SMARTS) is 1. The van der Waals surface area contributed by atoms with Gasteiger partial charge in [-0.1, -0.05) is 12.1 Å². The van der Waals surface area contributed by atoms with Crippen LogP contribution in [0.25, 0.3) is 5.57 Å². The van der Waals surface area contributed by atoms with Gasteiger partial charge in [0.25, 0.3) is 0 Å². The highest BCUT2D eigenvalue weighted by atomic mass is 19.2. The van der Waals surface area contributed by atoms with Crippen LogP contribution < -0.4 is 5.32 Å². The van der Waals surface area contributed by atoms with Gasteiger partial charge in [0.1, 0.15) is 6.04 Å². The molecule has 2 rings (SSSR count). The fraction of sp³-hybridized carbons (Fsp3) is 0.250. The number of carbonyl (C=O) groups is 1. The zero-order valence-electron chi connectivity index (χ0n) is 8.91. The minimum atomic E-state index is -0.946. The Balaban J connectivity index is 2.25. The van der Waals surface area contributed by atoms with E-state index in [9.17, 15) is 13.6 Å². The van der Waals surface area contributed by atoms with Crippen LogP contribution >= 0.6 is 0 Å². The number of carboxylic acids is 1. The van der Waals surface area contributed by atoms with E-state index >= 15 is 0 Å². The summed E-state index contributed by atoms with van der Waals surface area (Å²) in [5.74, 6) is -2.77. The van der Waals surface area contributed by atoms with Crippen LogP contribution in [0.15, 0.2) is 24.3 Å². The fourth-order valence-corrected chi connectivity index (χ4v) is 1.81. The molecule has 2 N–H and O–H groups in total. The van der Waals surface area contributed by atoms with Gasteiger partial charge in [-0.15, -0.1) is 0 Å². The van der Waals surface area contributed by atoms with Crippen LogP contribution in [0.4, 0.5) is 8.78 Å². The van der Waals surface area contributed by atoms with Crippen LogP contribution in [0.5, 0.6) is 0 Å². The molecule has 17 heavy (non-hydrogen) atoms. The molecule has 90 valence electrons. The van der Waals surface area contributed by atoms with Crippen molar-refractivity contribution < 1.29 is 18.7 Å². The summed E-state index contributed by atoms with van der Waals surface area (Å²) in [6, 6.07) is 2.91. The van der Waals surface area contributed by atoms with Gasteiger partial charge in [-0.2, -0.15) is 0 Å². The highest BCUT2D eigenvalue weighted by molar-refractivity contribution is 5.79. The second kappa shape index (κ2) is 4.63. The largest absolute Gasteiger partial charge is 0.480 e. The average molecular weight is 239 g/mol. The predicted octanol–water partition coefficient (Wildman–Crippen LogP) is 1.79. The van der Waals surface area contributed by atoms with Crippen molar-refractivity contribution in [3.63, 3.8) is 0 Å². The quantitative estimate of drug-likeness (QED) is 0.827. The van der Waals surface area contributed by atoms with E-state index in [0.717, 1.165) is 17.7 Å². The van der Waals surface area contributed by atoms with Crippen LogP contribution in [0, 0.1) is 11.6 Å². The van der Waals surface area contributed by atoms with Crippen LogP contribution in [0.2, 0.25) is 0 Å². The molecule has 0 aromatic heterocycles. The summed E-state index contributed by atoms with van der Waals surface area (Å²) in [6.07, 6.45) is 2.05. The summed E-state index contributed by atoms with van der Waals surface area (Å²) in [7, 11) is 0. The molecule has 1 atom stereocenters. The predicted molar refractivity (Wildman–Crippen MR) is 58.4 cm³/mol. The van der Waals surface area contributed by atoms with Gasteiger partial charge in [-0.3, -0.25) is 4.79 Å². The Morgan fingerprint density at radius 2 is 2.12 bits per heavy atom. The van der Waals surface area contributed by atoms with E-state index in [4.69, 9.17) is 5.11 Å². The number of benzene rings is 1. The van der Waals surface area contributed by atoms with E-state index in [1.54, 1.807) is 6.08 Å². The maximum Gasteiger partial charge on any atom is 0.321 e. The molecule has 5 heteroatoms. The molecule has 0 amide bonds. The first-order valence-corrected chi connectivity index (χ1v) is 5.18. The Labute approximate surface area is 96.8 Å². The molecule has 0 fully saturated rings. The van der Waals surface area contributed by atoms with Crippen molar-refractivity contribution in [2.45, 2.75) is 12.5 Å². The average Bonchev–Trinajstić information content (AvgIpc) is 2.33. The van der Waals surface area contributed by atoms with E-state index in [1.165, 1.54) is 6.07 Å². The maximum absolute atomic E-state index is 13.1. The number of aliphatic carboxylic acids is 1. The van der Waals surface area contributed by atoms with Crippen LogP contribution in [-0.2, 0) is 4.79 Å². The number of hydrogen-bond acceptors (Lipinski definition) is 2. The van der Waals surface area contributed by atoms with E-state index in [2.05, 4.69) is 5.32 Å². The number of rotatable bonds is 2. The number of halogens is 2. The molecule has 1 aliphatic rings. The smallest absolute Gasteiger partial charge is 0.321 e. The standard InChI is InChI=1S/C12H11F2NO2/c13-9-2-1-7(5-10(9)14)8-3-4-15-11(6-8)12(16)17/h1-3,5,11,15H,4,6H2,(H,16,17). The van der Waals surface area contributed by atoms with Crippen LogP contribution in [0.1, 0.15) is 12.0 Å². The van der Waals surface area contributed by atoms with Crippen molar-refractivity contribution in [1.29, 1.82) is 0 Å². The van der Waals surface area contributed by atoms with Gasteiger partial charge in [0.15, 0.2) is 11.6 Å². The van der Waals surface area contributed by atoms with Crippen molar-refractivity contribution in [1.82, 2.24) is 5.32 Å². The minimum Gasteiger partial charge on any atom is -0.480 e. The molecule has 0 saturated heterocycles. The summed E-state index contributed by atoms with van der Waals surface area (Å²) < 4.78 is 25.8. The Morgan fingerprint density at radius 3 is 2.76 bits per heavy atom. The molecule has 0 bridgehead atoms. The van der Waals surface area contributed by atoms with Gasteiger partial charge < -0.3 is 10.4 Å². The highest BCUT2D eigenvalue weighted by Crippen LogP contribution is 2.24. The molecule has 0 spiro atoms. The fourth-order valence-electron chi connectivity index (χ4n) is 1.81. The first kappa shape index (κ1) is 11.7. The molecule has 0 radical (unpaired) electrons. The zero-order valence-corrected chi connectivity index (χ0v) is 8.91. The molecular formula is C12H11F2NO2. The Kier molecular flexibility index (Phi) is 3.19. The van der Waals surface area contributed by atoms with Crippen molar-refractivity contribution in [3.8, 4) is 0 Å². The molecule has 1 aromatic carbocycles. The summed E-state index contributed by atoms with van der Waals surface area (Å²) in [6.45, 7) is 0.408. The van der Waals surface area contributed by atoms with Crippen molar-refractivity contribution in [2.75, 3.05) is 6.54 Å². The zero-order chi connectivity index (χ0) is 12.4. The minimum absolute atomic E-state index is 0.264. The van der Waals surface area contributed by atoms with E-state index in [0.29, 0.717) is 12.1 Å². The molecular weight excluding hydrogens is 228 g/mol. The molecule has 1 heterocycles. The van der Waals surface area contributed by atoms with Gasteiger partial charge in [-0.05, 0) is 29.7 Å². The lowest BCUT2D eigenvalue weighted by atomic mass is 9.95. The maximum atomic E-state index is 13.1. The summed E-state index contributed by atoms with van der Waals surface area (Å²) in [4.78, 5) is 10.8. The van der Waals surface area contributed by atoms with E-state index in [1.807, 2.05) is 0 Å². The third-order valence-corrected chi connectivity index (χ3v) is 2.73. The lowest BCUT2D eigenvalue weighted by Crippen LogP contribution is -2.39. The van der Waals surface area contributed by atoms with Gasteiger partial charge in [-0.25, -0.2) is 8.78 Å². The molecule has 1 aliphatic heterocycles. The second-order valence-corrected chi connectivity index (χ2v) is 3.86. The van der Waals surface area contributed by atoms with Gasteiger partial charge >= 0.3 is 5.97 Å². The summed E-state index contributed by atoms with van der Waals surface area (Å²) in [5.41, 5.74) is 1.24. The Bertz CT molecular complexity index is 485. The SMILES string of the molecule is O=C(O)C1CC(c2ccc(F)c(F)c2)=CCN1. The number of hydrogen-bond donors (Lipinski definition) is 2. The molecule has 3 nitrogen and oxygen atoms in total. The first-order chi connectivity index (χ1) is 8.08. The summed E-state index contributed by atoms with van der Waals surface area (Å²) in [5, 5.41) is 11.7. The molecule has 1 aromatic rings. The van der Waals surface area contributed by atoms with Gasteiger partial charge in [0.05, 0.1) is 0 Å². The summed E-state index contributed by atoms with van der Waals surface area (Å²) >= 11 is 0. The van der Waals surface area contributed by atoms with Crippen molar-refractivity contribution in [3.05, 3.63) is 41.5 Å². The van der Waals surface area contributed by atoms with Crippen molar-refractivity contribution >= 4 is 11.5 Å². The Hall–Kier alpha value is -1.75. The normalized spacial score (nSPS) is 19.9. The second-order valence-electron chi connectivity index (χ2n) is 3.86. The molecule has 0 aliphatic carbocycles. The third kappa shape index (κ3) is 2.50. The molecule has 0 saturated carbocycles. The Morgan fingerprint density at radius 1 is 1.35 bits per heavy atom. The van der Waals surface area contributed by atoms with Gasteiger partial charge in [0, 0.05) is 6.54 Å². The van der Waals surface area contributed by atoms with Crippen LogP contribution in [-0.4, -0.2) is 23.7 Å². The van der Waals surface area contributed by atoms with Crippen LogP contribution in [0.3, 0.4) is 0 Å². The highest BCUT2D eigenvalue weighted by Gasteiger charge is 2.22. The van der Waals surface area contributed by atoms with E-state index in [-0.39, 0.29) is 6.42 Å². The first-order valence-electron chi connectivity index (χ1n) is 5.18. The van der Waals surface area contributed by atoms with Crippen molar-refractivity contribution in [2.24, 2.45) is 0 Å². The monoisotopic (exact) mass is 239 g/mol. The topological polar surface area (TPSA) is 49.3 Å². The lowest BCUT2D eigenvalue weighted by molar-refractivity contribution is -0.139. The lowest BCUT2D eigenvalue weighted by Gasteiger charge is -2.21. The third-order valence-electron chi connectivity index (χ3n) is 2.73. The van der Waals surface area contributed by atoms with E-state index < -0.39 is 23.6 Å². The number of nitrogens with one attached hydrogen (secondary N) is 1.